The molecule has 3 rings (SSSR count). The summed E-state index contributed by atoms with van der Waals surface area (Å²) in [5.74, 6) is 0.773. The van der Waals surface area contributed by atoms with Gasteiger partial charge in [-0.05, 0) is 6.42 Å². The molecule has 0 aliphatic carbocycles. The number of rotatable bonds is 4. The monoisotopic (exact) mass is 284 g/mol. The van der Waals surface area contributed by atoms with E-state index in [0.29, 0.717) is 11.6 Å². The van der Waals surface area contributed by atoms with Crippen LogP contribution in [0.4, 0.5) is 0 Å². The number of unbranched alkanes of at least 4 members (excludes halogenated alkanes) is 1. The Balaban J connectivity index is 1.69. The molecule has 110 valence electrons. The Morgan fingerprint density at radius 3 is 3.00 bits per heavy atom. The normalized spacial score (nSPS) is 22.3. The summed E-state index contributed by atoms with van der Waals surface area (Å²) in [6.07, 6.45) is 7.10. The Hall–Kier alpha value is -1.97. The van der Waals surface area contributed by atoms with E-state index in [2.05, 4.69) is 38.6 Å². The molecule has 0 spiro atoms. The van der Waals surface area contributed by atoms with Gasteiger partial charge in [0.2, 0.25) is 0 Å². The Kier molecular flexibility index (Phi) is 4.13. The van der Waals surface area contributed by atoms with Crippen LogP contribution < -0.4 is 10.6 Å². The lowest BCUT2D eigenvalue weighted by Gasteiger charge is -2.30. The SMILES string of the molecule is CCCCC1CNC(c2ncc3c(C#N)c[nH]c3n2)CN1. The first-order chi connectivity index (χ1) is 10.3. The number of piperazine rings is 1. The summed E-state index contributed by atoms with van der Waals surface area (Å²) in [6, 6.07) is 2.80. The average Bonchev–Trinajstić information content (AvgIpc) is 2.95. The third kappa shape index (κ3) is 2.89. The number of aromatic amines is 1. The first kappa shape index (κ1) is 14.0. The molecule has 0 saturated carbocycles. The molecule has 6 heteroatoms. The number of hydrogen-bond acceptors (Lipinski definition) is 5. The van der Waals surface area contributed by atoms with Crippen molar-refractivity contribution in [3.05, 3.63) is 23.8 Å². The molecule has 0 bridgehead atoms. The van der Waals surface area contributed by atoms with Gasteiger partial charge in [0.05, 0.1) is 17.0 Å². The summed E-state index contributed by atoms with van der Waals surface area (Å²) in [6.45, 7) is 4.00. The zero-order valence-electron chi connectivity index (χ0n) is 12.2. The van der Waals surface area contributed by atoms with E-state index < -0.39 is 0 Å². The quantitative estimate of drug-likeness (QED) is 0.794. The molecule has 1 saturated heterocycles. The molecule has 1 aliphatic rings. The van der Waals surface area contributed by atoms with Crippen LogP contribution in [-0.2, 0) is 0 Å². The Labute approximate surface area is 124 Å². The van der Waals surface area contributed by atoms with E-state index in [1.54, 1.807) is 12.4 Å². The lowest BCUT2D eigenvalue weighted by Crippen LogP contribution is -2.50. The maximum Gasteiger partial charge on any atom is 0.148 e. The lowest BCUT2D eigenvalue weighted by atomic mass is 10.1. The second-order valence-corrected chi connectivity index (χ2v) is 5.51. The van der Waals surface area contributed by atoms with Crippen molar-refractivity contribution in [1.29, 1.82) is 5.26 Å². The number of hydrogen-bond donors (Lipinski definition) is 3. The van der Waals surface area contributed by atoms with Crippen molar-refractivity contribution < 1.29 is 0 Å². The highest BCUT2D eigenvalue weighted by Gasteiger charge is 2.23. The van der Waals surface area contributed by atoms with Crippen LogP contribution in [0, 0.1) is 11.3 Å². The highest BCUT2D eigenvalue weighted by Crippen LogP contribution is 2.18. The molecular formula is C15H20N6. The number of aromatic nitrogens is 3. The lowest BCUT2D eigenvalue weighted by molar-refractivity contribution is 0.326. The Morgan fingerprint density at radius 1 is 1.38 bits per heavy atom. The van der Waals surface area contributed by atoms with Gasteiger partial charge in [0.15, 0.2) is 0 Å². The van der Waals surface area contributed by atoms with E-state index in [0.717, 1.165) is 29.9 Å². The van der Waals surface area contributed by atoms with Gasteiger partial charge < -0.3 is 15.6 Å². The van der Waals surface area contributed by atoms with E-state index in [1.807, 2.05) is 0 Å². The predicted molar refractivity (Wildman–Crippen MR) is 80.7 cm³/mol. The molecule has 1 aliphatic heterocycles. The fourth-order valence-corrected chi connectivity index (χ4v) is 2.73. The molecule has 1 fully saturated rings. The van der Waals surface area contributed by atoms with Crippen LogP contribution in [0.25, 0.3) is 11.0 Å². The first-order valence-corrected chi connectivity index (χ1v) is 7.52. The Morgan fingerprint density at radius 2 is 2.29 bits per heavy atom. The molecule has 21 heavy (non-hydrogen) atoms. The maximum absolute atomic E-state index is 8.99. The second kappa shape index (κ2) is 6.20. The summed E-state index contributed by atoms with van der Waals surface area (Å²) < 4.78 is 0. The van der Waals surface area contributed by atoms with Crippen molar-refractivity contribution in [1.82, 2.24) is 25.6 Å². The minimum Gasteiger partial charge on any atom is -0.345 e. The molecule has 2 aromatic heterocycles. The van der Waals surface area contributed by atoms with Crippen LogP contribution >= 0.6 is 0 Å². The third-order valence-corrected chi connectivity index (χ3v) is 4.01. The van der Waals surface area contributed by atoms with Crippen molar-refractivity contribution in [2.45, 2.75) is 38.3 Å². The molecule has 2 atom stereocenters. The summed E-state index contributed by atoms with van der Waals surface area (Å²) >= 11 is 0. The standard InChI is InChI=1S/C15H20N6/c1-2-3-4-11-7-18-13(9-17-11)15-20-8-12-10(5-16)6-19-14(12)21-15/h6,8,11,13,17-18H,2-4,7,9H2,1H3,(H,19,20,21). The number of nitrogens with one attached hydrogen (secondary N) is 3. The molecule has 3 heterocycles. The summed E-state index contributed by atoms with van der Waals surface area (Å²) in [5, 5.41) is 16.9. The van der Waals surface area contributed by atoms with Crippen LogP contribution in [0.5, 0.6) is 0 Å². The number of nitrogens with zero attached hydrogens (tertiary/aromatic N) is 3. The van der Waals surface area contributed by atoms with Crippen molar-refractivity contribution >= 4 is 11.0 Å². The first-order valence-electron chi connectivity index (χ1n) is 7.52. The Bertz CT molecular complexity index is 648. The molecule has 3 N–H and O–H groups in total. The zero-order chi connectivity index (χ0) is 14.7. The zero-order valence-corrected chi connectivity index (χ0v) is 12.2. The minimum absolute atomic E-state index is 0.126. The van der Waals surface area contributed by atoms with Gasteiger partial charge in [-0.2, -0.15) is 5.26 Å². The van der Waals surface area contributed by atoms with Crippen molar-refractivity contribution in [2.24, 2.45) is 0 Å². The highest BCUT2D eigenvalue weighted by molar-refractivity contribution is 5.81. The van der Waals surface area contributed by atoms with Crippen LogP contribution in [-0.4, -0.2) is 34.1 Å². The van der Waals surface area contributed by atoms with Crippen LogP contribution in [0.2, 0.25) is 0 Å². The number of H-pyrrole nitrogens is 1. The van der Waals surface area contributed by atoms with Gasteiger partial charge in [-0.25, -0.2) is 9.97 Å². The molecule has 0 radical (unpaired) electrons. The van der Waals surface area contributed by atoms with Crippen LogP contribution in [0.1, 0.15) is 43.6 Å². The van der Waals surface area contributed by atoms with Gasteiger partial charge in [-0.1, -0.05) is 19.8 Å². The van der Waals surface area contributed by atoms with Gasteiger partial charge >= 0.3 is 0 Å². The average molecular weight is 284 g/mol. The third-order valence-electron chi connectivity index (χ3n) is 4.01. The van der Waals surface area contributed by atoms with Crippen molar-refractivity contribution in [3.63, 3.8) is 0 Å². The van der Waals surface area contributed by atoms with E-state index in [4.69, 9.17) is 5.26 Å². The minimum atomic E-state index is 0.126. The molecule has 0 aromatic carbocycles. The summed E-state index contributed by atoms with van der Waals surface area (Å²) in [5.41, 5.74) is 1.32. The second-order valence-electron chi connectivity index (χ2n) is 5.51. The van der Waals surface area contributed by atoms with E-state index in [-0.39, 0.29) is 6.04 Å². The molecular weight excluding hydrogens is 264 g/mol. The van der Waals surface area contributed by atoms with Gasteiger partial charge in [0, 0.05) is 31.5 Å². The largest absolute Gasteiger partial charge is 0.345 e. The predicted octanol–water partition coefficient (Wildman–Crippen LogP) is 1.62. The highest BCUT2D eigenvalue weighted by atomic mass is 15.1. The molecule has 2 aromatic rings. The van der Waals surface area contributed by atoms with Gasteiger partial charge in [0.1, 0.15) is 17.5 Å². The van der Waals surface area contributed by atoms with Gasteiger partial charge in [0.25, 0.3) is 0 Å². The maximum atomic E-state index is 8.99. The fourth-order valence-electron chi connectivity index (χ4n) is 2.73. The van der Waals surface area contributed by atoms with Gasteiger partial charge in [-0.15, -0.1) is 0 Å². The summed E-state index contributed by atoms with van der Waals surface area (Å²) in [4.78, 5) is 12.0. The number of fused-ring (bicyclic) bond motifs is 1. The van der Waals surface area contributed by atoms with E-state index in [9.17, 15) is 0 Å². The fraction of sp³-hybridized carbons (Fsp3) is 0.533. The van der Waals surface area contributed by atoms with Crippen LogP contribution in [0.15, 0.2) is 12.4 Å². The molecule has 6 nitrogen and oxygen atoms in total. The van der Waals surface area contributed by atoms with Gasteiger partial charge in [-0.3, -0.25) is 0 Å². The van der Waals surface area contributed by atoms with E-state index >= 15 is 0 Å². The van der Waals surface area contributed by atoms with Crippen molar-refractivity contribution in [2.75, 3.05) is 13.1 Å². The molecule has 2 unspecified atom stereocenters. The smallest absolute Gasteiger partial charge is 0.148 e. The van der Waals surface area contributed by atoms with Crippen molar-refractivity contribution in [3.8, 4) is 6.07 Å². The number of nitriles is 1. The van der Waals surface area contributed by atoms with E-state index in [1.165, 1.54) is 19.3 Å². The van der Waals surface area contributed by atoms with Crippen LogP contribution in [0.3, 0.4) is 0 Å². The topological polar surface area (TPSA) is 89.4 Å². The summed E-state index contributed by atoms with van der Waals surface area (Å²) in [7, 11) is 0. The molecule has 0 amide bonds.